The predicted molar refractivity (Wildman–Crippen MR) is 142 cm³/mol. The molecule has 0 N–H and O–H groups in total. The van der Waals surface area contributed by atoms with Crippen molar-refractivity contribution in [2.45, 2.75) is 38.9 Å². The lowest BCUT2D eigenvalue weighted by Gasteiger charge is -2.32. The smallest absolute Gasteiger partial charge is 0.456 e. The lowest BCUT2D eigenvalue weighted by molar-refractivity contribution is 0.00578. The van der Waals surface area contributed by atoms with Crippen LogP contribution in [0, 0.1) is 0 Å². The van der Waals surface area contributed by atoms with Crippen molar-refractivity contribution in [2.75, 3.05) is 0 Å². The number of hydrogen-bond acceptors (Lipinski definition) is 4. The van der Waals surface area contributed by atoms with E-state index in [2.05, 4.69) is 97.9 Å². The van der Waals surface area contributed by atoms with E-state index in [1.807, 2.05) is 12.3 Å². The minimum Gasteiger partial charge on any atom is -0.456 e. The van der Waals surface area contributed by atoms with Gasteiger partial charge < -0.3 is 18.3 Å². The molecule has 0 bridgehead atoms. The molecule has 0 saturated carbocycles. The molecule has 4 heterocycles. The van der Waals surface area contributed by atoms with Crippen molar-refractivity contribution in [2.24, 2.45) is 0 Å². The normalized spacial score (nSPS) is 17.3. The van der Waals surface area contributed by atoms with Crippen LogP contribution in [0.25, 0.3) is 49.4 Å². The molecule has 3 aromatic carbocycles. The van der Waals surface area contributed by atoms with Crippen molar-refractivity contribution >= 4 is 56.3 Å². The molecule has 1 aliphatic rings. The first-order valence-electron chi connectivity index (χ1n) is 12.0. The van der Waals surface area contributed by atoms with Crippen LogP contribution < -0.4 is 5.46 Å². The molecule has 1 fully saturated rings. The Kier molecular flexibility index (Phi) is 4.13. The van der Waals surface area contributed by atoms with E-state index in [1.165, 1.54) is 10.8 Å². The van der Waals surface area contributed by atoms with E-state index in [0.29, 0.717) is 0 Å². The first-order chi connectivity index (χ1) is 16.8. The molecule has 0 amide bonds. The maximum absolute atomic E-state index is 6.34. The van der Waals surface area contributed by atoms with Gasteiger partial charge in [-0.05, 0) is 63.5 Å². The van der Waals surface area contributed by atoms with E-state index in [0.717, 1.165) is 44.1 Å². The van der Waals surface area contributed by atoms with Crippen molar-refractivity contribution < 1.29 is 13.7 Å². The summed E-state index contributed by atoms with van der Waals surface area (Å²) in [5.41, 5.74) is 5.22. The number of aromatic nitrogens is 2. The summed E-state index contributed by atoms with van der Waals surface area (Å²) in [5.74, 6) is 0. The monoisotopic (exact) mass is 460 g/mol. The zero-order valence-corrected chi connectivity index (χ0v) is 20.2. The molecule has 172 valence electrons. The Morgan fingerprint density at radius 2 is 1.51 bits per heavy atom. The van der Waals surface area contributed by atoms with E-state index in [4.69, 9.17) is 13.7 Å². The number of rotatable bonds is 2. The molecule has 6 heteroatoms. The highest BCUT2D eigenvalue weighted by atomic mass is 16.7. The molecule has 0 unspecified atom stereocenters. The number of furan rings is 1. The molecule has 35 heavy (non-hydrogen) atoms. The minimum atomic E-state index is -0.414. The van der Waals surface area contributed by atoms with Gasteiger partial charge in [0, 0.05) is 45.7 Å². The van der Waals surface area contributed by atoms with Crippen LogP contribution in [0.2, 0.25) is 0 Å². The molecule has 6 aromatic rings. The highest BCUT2D eigenvalue weighted by molar-refractivity contribution is 6.62. The third kappa shape index (κ3) is 2.93. The molecule has 0 aliphatic carbocycles. The number of benzene rings is 3. The van der Waals surface area contributed by atoms with Gasteiger partial charge in [0.25, 0.3) is 0 Å². The Morgan fingerprint density at radius 1 is 0.714 bits per heavy atom. The Balaban J connectivity index is 1.47. The molecule has 3 aromatic heterocycles. The van der Waals surface area contributed by atoms with Crippen LogP contribution in [0.4, 0.5) is 0 Å². The summed E-state index contributed by atoms with van der Waals surface area (Å²) in [6, 6.07) is 23.3. The second-order valence-corrected chi connectivity index (χ2v) is 10.4. The third-order valence-electron chi connectivity index (χ3n) is 7.72. The van der Waals surface area contributed by atoms with Gasteiger partial charge in [0.1, 0.15) is 11.2 Å². The standard InChI is InChI=1S/C29H25BN2O3/c1-28(2)29(3,4)35-30(34-28)18-8-7-9-19(14-18)32-24-11-6-5-10-20(24)21-15-22-23-17-31-13-12-26(23)33-27(22)16-25(21)32/h5-17H,1-4H3. The second-order valence-electron chi connectivity index (χ2n) is 10.4. The van der Waals surface area contributed by atoms with E-state index in [9.17, 15) is 0 Å². The largest absolute Gasteiger partial charge is 0.494 e. The van der Waals surface area contributed by atoms with Crippen LogP contribution in [0.1, 0.15) is 27.7 Å². The molecule has 0 radical (unpaired) electrons. The third-order valence-corrected chi connectivity index (χ3v) is 7.72. The van der Waals surface area contributed by atoms with E-state index in [1.54, 1.807) is 6.20 Å². The highest BCUT2D eigenvalue weighted by Crippen LogP contribution is 2.39. The van der Waals surface area contributed by atoms with Gasteiger partial charge in [-0.2, -0.15) is 0 Å². The average Bonchev–Trinajstić information content (AvgIpc) is 3.44. The van der Waals surface area contributed by atoms with Crippen LogP contribution in [0.3, 0.4) is 0 Å². The molecular weight excluding hydrogens is 435 g/mol. The van der Waals surface area contributed by atoms with Gasteiger partial charge in [-0.25, -0.2) is 0 Å². The summed E-state index contributed by atoms with van der Waals surface area (Å²) in [7, 11) is -0.414. The number of nitrogens with zero attached hydrogens (tertiary/aromatic N) is 2. The van der Waals surface area contributed by atoms with Crippen molar-refractivity contribution in [1.82, 2.24) is 9.55 Å². The second kappa shape index (κ2) is 6.97. The van der Waals surface area contributed by atoms with Crippen LogP contribution in [0.15, 0.2) is 83.5 Å². The molecular formula is C29H25BN2O3. The number of pyridine rings is 1. The Morgan fingerprint density at radius 3 is 2.34 bits per heavy atom. The van der Waals surface area contributed by atoms with E-state index in [-0.39, 0.29) is 11.2 Å². The van der Waals surface area contributed by atoms with E-state index < -0.39 is 7.12 Å². The van der Waals surface area contributed by atoms with Crippen molar-refractivity contribution in [3.8, 4) is 5.69 Å². The lowest BCUT2D eigenvalue weighted by Crippen LogP contribution is -2.41. The molecule has 5 nitrogen and oxygen atoms in total. The van der Waals surface area contributed by atoms with Crippen LogP contribution in [0.5, 0.6) is 0 Å². The van der Waals surface area contributed by atoms with Gasteiger partial charge in [-0.15, -0.1) is 0 Å². The summed E-state index contributed by atoms with van der Waals surface area (Å²) >= 11 is 0. The topological polar surface area (TPSA) is 49.4 Å². The summed E-state index contributed by atoms with van der Waals surface area (Å²) in [5, 5.41) is 4.49. The molecule has 7 rings (SSSR count). The SMILES string of the molecule is CC1(C)OB(c2cccc(-n3c4ccccc4c4cc5c(cc43)oc3ccncc35)c2)OC1(C)C. The number of para-hydroxylation sites is 1. The van der Waals surface area contributed by atoms with Gasteiger partial charge in [-0.1, -0.05) is 30.3 Å². The van der Waals surface area contributed by atoms with Crippen molar-refractivity contribution in [1.29, 1.82) is 0 Å². The number of hydrogen-bond donors (Lipinski definition) is 0. The van der Waals surface area contributed by atoms with Crippen molar-refractivity contribution in [3.05, 3.63) is 79.1 Å². The zero-order valence-electron chi connectivity index (χ0n) is 20.2. The van der Waals surface area contributed by atoms with Crippen molar-refractivity contribution in [3.63, 3.8) is 0 Å². The Labute approximate surface area is 203 Å². The maximum atomic E-state index is 6.34. The van der Waals surface area contributed by atoms with Gasteiger partial charge >= 0.3 is 7.12 Å². The fourth-order valence-corrected chi connectivity index (χ4v) is 5.15. The molecule has 1 saturated heterocycles. The molecule has 0 spiro atoms. The lowest BCUT2D eigenvalue weighted by atomic mass is 9.79. The zero-order chi connectivity index (χ0) is 23.9. The first-order valence-corrected chi connectivity index (χ1v) is 12.0. The highest BCUT2D eigenvalue weighted by Gasteiger charge is 2.51. The van der Waals surface area contributed by atoms with Gasteiger partial charge in [0.2, 0.25) is 0 Å². The van der Waals surface area contributed by atoms with Gasteiger partial charge in [0.05, 0.1) is 22.2 Å². The summed E-state index contributed by atoms with van der Waals surface area (Å²) in [6.07, 6.45) is 3.64. The first kappa shape index (κ1) is 20.7. The summed E-state index contributed by atoms with van der Waals surface area (Å²) < 4.78 is 21.2. The van der Waals surface area contributed by atoms with Crippen LogP contribution >= 0.6 is 0 Å². The Bertz CT molecular complexity index is 1760. The van der Waals surface area contributed by atoms with Gasteiger partial charge in [0.15, 0.2) is 0 Å². The molecule has 1 aliphatic heterocycles. The fourth-order valence-electron chi connectivity index (χ4n) is 5.15. The maximum Gasteiger partial charge on any atom is 0.494 e. The van der Waals surface area contributed by atoms with Gasteiger partial charge in [-0.3, -0.25) is 4.98 Å². The number of fused-ring (bicyclic) bond motifs is 6. The summed E-state index contributed by atoms with van der Waals surface area (Å²) in [6.45, 7) is 8.33. The minimum absolute atomic E-state index is 0.387. The summed E-state index contributed by atoms with van der Waals surface area (Å²) in [4.78, 5) is 4.31. The molecule has 0 atom stereocenters. The quantitative estimate of drug-likeness (QED) is 0.282. The predicted octanol–water partition coefficient (Wildman–Crippen LogP) is 6.38. The Hall–Kier alpha value is -3.61. The van der Waals surface area contributed by atoms with Crippen LogP contribution in [-0.4, -0.2) is 27.9 Å². The average molecular weight is 460 g/mol. The van der Waals surface area contributed by atoms with Crippen LogP contribution in [-0.2, 0) is 9.31 Å². The fraction of sp³-hybridized carbons (Fsp3) is 0.207. The van der Waals surface area contributed by atoms with E-state index >= 15 is 0 Å².